The second-order valence-corrected chi connectivity index (χ2v) is 18.9. The van der Waals surface area contributed by atoms with Crippen molar-refractivity contribution in [3.8, 4) is 0 Å². The van der Waals surface area contributed by atoms with E-state index in [1.54, 1.807) is 0 Å². The van der Waals surface area contributed by atoms with Gasteiger partial charge in [-0.15, -0.1) is 6.58 Å². The molecule has 0 saturated heterocycles. The Morgan fingerprint density at radius 1 is 0.448 bits per heavy atom. The number of aliphatic hydroxyl groups excluding tert-OH is 2. The smallest absolute Gasteiger partial charge is 0.101 e. The van der Waals surface area contributed by atoms with Crippen LogP contribution in [0.2, 0.25) is 0 Å². The van der Waals surface area contributed by atoms with Crippen molar-refractivity contribution in [3.05, 3.63) is 216 Å². The van der Waals surface area contributed by atoms with Crippen molar-refractivity contribution in [2.75, 3.05) is 15.1 Å². The number of para-hydroxylation sites is 6. The number of fused-ring (bicyclic) bond motifs is 6. The van der Waals surface area contributed by atoms with Gasteiger partial charge in [0, 0.05) is 34.1 Å². The Labute approximate surface area is 400 Å². The summed E-state index contributed by atoms with van der Waals surface area (Å²) in [6.07, 6.45) is 26.7. The standard InChI is InChI=1S/C20H23NO2.C20H21N.C14H13N.C8H12/c22-19-11-5-10-18(20(19)23)21-16-8-3-1-6-14(16)12-13-15-7-2-4-9-17(15)21;1-2-10-18(11-3-1)21-19-12-6-4-8-16(19)14-15-17-9-5-7-13-20(17)21;1-3-7-13-11(5-1)9-10-12-6-2-4-8-14(12)15-13;1-2-8-6-4-3-5-7-8/h1-4,6-9,18-20,22-23H,5,10-13H2;2,4-10,12-13,18H,1,3,11,14-15H2;1-8,15H,9-10H2;2,4,6,8H,1,3,5,7H2. The molecule has 5 heteroatoms. The number of aryl methyl sites for hydroxylation is 6. The van der Waals surface area contributed by atoms with E-state index in [-0.39, 0.29) is 6.04 Å². The van der Waals surface area contributed by atoms with Gasteiger partial charge < -0.3 is 25.3 Å². The van der Waals surface area contributed by atoms with Crippen LogP contribution in [0.1, 0.15) is 91.2 Å². The molecule has 3 heterocycles. The van der Waals surface area contributed by atoms with Crippen molar-refractivity contribution >= 4 is 34.1 Å². The first-order valence-corrected chi connectivity index (χ1v) is 25.2. The number of nitrogens with one attached hydrogen (secondary N) is 1. The zero-order chi connectivity index (χ0) is 45.8. The molecule has 6 aliphatic rings. The molecule has 0 spiro atoms. The maximum Gasteiger partial charge on any atom is 0.101 e. The van der Waals surface area contributed by atoms with Gasteiger partial charge in [0.2, 0.25) is 0 Å². The maximum absolute atomic E-state index is 10.6. The van der Waals surface area contributed by atoms with Gasteiger partial charge in [0.05, 0.1) is 18.2 Å². The highest BCUT2D eigenvalue weighted by Gasteiger charge is 2.37. The fourth-order valence-electron chi connectivity index (χ4n) is 10.9. The Morgan fingerprint density at radius 2 is 0.866 bits per heavy atom. The van der Waals surface area contributed by atoms with Crippen LogP contribution in [-0.2, 0) is 38.5 Å². The number of nitrogens with zero attached hydrogens (tertiary/aromatic N) is 2. The van der Waals surface area contributed by atoms with Crippen molar-refractivity contribution in [2.24, 2.45) is 5.92 Å². The lowest BCUT2D eigenvalue weighted by Crippen LogP contribution is -2.50. The van der Waals surface area contributed by atoms with Gasteiger partial charge in [-0.1, -0.05) is 140 Å². The van der Waals surface area contributed by atoms with Crippen LogP contribution >= 0.6 is 0 Å². The molecule has 6 aromatic carbocycles. The summed E-state index contributed by atoms with van der Waals surface area (Å²) in [5, 5.41) is 24.3. The van der Waals surface area contributed by atoms with Gasteiger partial charge in [0.15, 0.2) is 0 Å². The van der Waals surface area contributed by atoms with Crippen molar-refractivity contribution in [1.82, 2.24) is 0 Å². The molecule has 5 unspecified atom stereocenters. The fourth-order valence-corrected chi connectivity index (χ4v) is 10.9. The lowest BCUT2D eigenvalue weighted by Gasteiger charge is -2.41. The van der Waals surface area contributed by atoms with Crippen LogP contribution in [0.4, 0.5) is 34.1 Å². The highest BCUT2D eigenvalue weighted by Crippen LogP contribution is 2.42. The van der Waals surface area contributed by atoms with Crippen LogP contribution in [0.5, 0.6) is 0 Å². The summed E-state index contributed by atoms with van der Waals surface area (Å²) in [6.45, 7) is 3.73. The lowest BCUT2D eigenvalue weighted by atomic mass is 9.88. The Hall–Kier alpha value is -6.14. The number of anilines is 6. The molecule has 0 bridgehead atoms. The van der Waals surface area contributed by atoms with Gasteiger partial charge in [-0.25, -0.2) is 0 Å². The van der Waals surface area contributed by atoms with Gasteiger partial charge in [-0.05, 0) is 172 Å². The molecule has 3 aliphatic carbocycles. The van der Waals surface area contributed by atoms with Crippen LogP contribution in [0.15, 0.2) is 183 Å². The van der Waals surface area contributed by atoms with E-state index in [1.165, 1.54) is 106 Å². The number of allylic oxidation sites excluding steroid dienone is 4. The molecule has 0 aromatic heterocycles. The number of hydrogen-bond acceptors (Lipinski definition) is 5. The molecular formula is C62H69N3O2. The predicted molar refractivity (Wildman–Crippen MR) is 282 cm³/mol. The summed E-state index contributed by atoms with van der Waals surface area (Å²) in [7, 11) is 0. The molecular weight excluding hydrogens is 819 g/mol. The van der Waals surface area contributed by atoms with Gasteiger partial charge in [0.25, 0.3) is 0 Å². The summed E-state index contributed by atoms with van der Waals surface area (Å²) in [6, 6.07) is 52.3. The van der Waals surface area contributed by atoms with Crippen molar-refractivity contribution in [2.45, 2.75) is 121 Å². The van der Waals surface area contributed by atoms with E-state index in [9.17, 15) is 10.2 Å². The van der Waals surface area contributed by atoms with Crippen LogP contribution in [0.25, 0.3) is 0 Å². The minimum atomic E-state index is -0.706. The highest BCUT2D eigenvalue weighted by molar-refractivity contribution is 5.74. The van der Waals surface area contributed by atoms with Crippen LogP contribution in [-0.4, -0.2) is 34.5 Å². The zero-order valence-corrected chi connectivity index (χ0v) is 39.2. The summed E-state index contributed by atoms with van der Waals surface area (Å²) in [5.41, 5.74) is 16.1. The zero-order valence-electron chi connectivity index (χ0n) is 39.2. The lowest BCUT2D eigenvalue weighted by molar-refractivity contribution is -0.0204. The van der Waals surface area contributed by atoms with Gasteiger partial charge in [0.1, 0.15) is 6.10 Å². The average molecular weight is 888 g/mol. The molecule has 6 aromatic rings. The van der Waals surface area contributed by atoms with E-state index in [0.29, 0.717) is 18.4 Å². The fraction of sp³-hybridized carbons (Fsp3) is 0.323. The number of rotatable bonds is 3. The Balaban J connectivity index is 0.000000118. The van der Waals surface area contributed by atoms with Crippen molar-refractivity contribution in [3.63, 3.8) is 0 Å². The number of aliphatic hydroxyl groups is 2. The first-order chi connectivity index (χ1) is 33.1. The minimum Gasteiger partial charge on any atom is -0.390 e. The topological polar surface area (TPSA) is 59.0 Å². The van der Waals surface area contributed by atoms with Gasteiger partial charge in [-0.2, -0.15) is 0 Å². The number of benzene rings is 6. The summed E-state index contributed by atoms with van der Waals surface area (Å²) >= 11 is 0. The normalized spacial score (nSPS) is 22.0. The highest BCUT2D eigenvalue weighted by atomic mass is 16.3. The maximum atomic E-state index is 10.6. The summed E-state index contributed by atoms with van der Waals surface area (Å²) in [4.78, 5) is 4.86. The molecule has 3 N–H and O–H groups in total. The molecule has 344 valence electrons. The molecule has 67 heavy (non-hydrogen) atoms. The number of hydrogen-bond donors (Lipinski definition) is 3. The molecule has 12 rings (SSSR count). The van der Waals surface area contributed by atoms with Gasteiger partial charge >= 0.3 is 0 Å². The first kappa shape index (κ1) is 46.0. The van der Waals surface area contributed by atoms with E-state index < -0.39 is 12.2 Å². The van der Waals surface area contributed by atoms with Crippen LogP contribution < -0.4 is 15.1 Å². The third-order valence-electron chi connectivity index (χ3n) is 14.6. The molecule has 0 amide bonds. The monoisotopic (exact) mass is 888 g/mol. The third-order valence-corrected chi connectivity index (χ3v) is 14.6. The molecule has 3 aliphatic heterocycles. The van der Waals surface area contributed by atoms with E-state index >= 15 is 0 Å². The van der Waals surface area contributed by atoms with Crippen LogP contribution in [0.3, 0.4) is 0 Å². The van der Waals surface area contributed by atoms with E-state index in [0.717, 1.165) is 51.4 Å². The molecule has 0 radical (unpaired) electrons. The Morgan fingerprint density at radius 3 is 1.30 bits per heavy atom. The van der Waals surface area contributed by atoms with E-state index in [2.05, 4.69) is 192 Å². The second-order valence-electron chi connectivity index (χ2n) is 18.9. The predicted octanol–water partition coefficient (Wildman–Crippen LogP) is 14.3. The molecule has 5 nitrogen and oxygen atoms in total. The molecule has 5 atom stereocenters. The van der Waals surface area contributed by atoms with Crippen molar-refractivity contribution < 1.29 is 10.2 Å². The largest absolute Gasteiger partial charge is 0.390 e. The van der Waals surface area contributed by atoms with Crippen molar-refractivity contribution in [1.29, 1.82) is 0 Å². The second kappa shape index (κ2) is 22.6. The SMILES string of the molecule is C1=CC(N2c3ccccc3CCc3ccccc32)CCC1.C=CC1C=CCCC1.OC1CCCC(N2c3ccccc3CCc3ccccc32)C1O.c1ccc2c(c1)CCc1ccccc1N2. The summed E-state index contributed by atoms with van der Waals surface area (Å²) < 4.78 is 0. The van der Waals surface area contributed by atoms with Crippen LogP contribution in [0, 0.1) is 5.92 Å². The Kier molecular flexibility index (Phi) is 15.5. The van der Waals surface area contributed by atoms with E-state index in [4.69, 9.17) is 0 Å². The Bertz CT molecular complexity index is 2490. The minimum absolute atomic E-state index is 0.0702. The van der Waals surface area contributed by atoms with E-state index in [1.807, 2.05) is 6.08 Å². The molecule has 1 fully saturated rings. The summed E-state index contributed by atoms with van der Waals surface area (Å²) in [5.74, 6) is 0.670. The molecule has 1 saturated carbocycles. The van der Waals surface area contributed by atoms with Gasteiger partial charge in [-0.3, -0.25) is 0 Å². The quantitative estimate of drug-likeness (QED) is 0.155. The third kappa shape index (κ3) is 11.0. The average Bonchev–Trinajstić information content (AvgIpc) is 3.77. The first-order valence-electron chi connectivity index (χ1n) is 25.2.